The van der Waals surface area contributed by atoms with Crippen molar-refractivity contribution in [1.29, 1.82) is 5.26 Å². The monoisotopic (exact) mass is 476 g/mol. The van der Waals surface area contributed by atoms with E-state index in [-0.39, 0.29) is 18.0 Å². The topological polar surface area (TPSA) is 71.4 Å². The van der Waals surface area contributed by atoms with E-state index in [0.29, 0.717) is 34.2 Å². The third kappa shape index (κ3) is 6.47. The molecule has 0 saturated heterocycles. The fourth-order valence-electron chi connectivity index (χ4n) is 3.21. The molecule has 0 bridgehead atoms. The Hall–Kier alpha value is -4.08. The van der Waals surface area contributed by atoms with Crippen molar-refractivity contribution >= 4 is 29.3 Å². The highest BCUT2D eigenvalue weighted by Crippen LogP contribution is 2.35. The molecule has 0 atom stereocenters. The minimum atomic E-state index is -0.564. The van der Waals surface area contributed by atoms with Gasteiger partial charge in [0.25, 0.3) is 5.91 Å². The van der Waals surface area contributed by atoms with E-state index >= 15 is 0 Å². The molecule has 0 aliphatic heterocycles. The molecular weight excluding hydrogens is 455 g/mol. The summed E-state index contributed by atoms with van der Waals surface area (Å²) in [7, 11) is 1.50. The van der Waals surface area contributed by atoms with Crippen LogP contribution in [0.15, 0.2) is 78.9 Å². The van der Waals surface area contributed by atoms with E-state index in [4.69, 9.17) is 21.1 Å². The number of nitriles is 1. The molecular formula is C27H22ClFN2O3. The van der Waals surface area contributed by atoms with Crippen LogP contribution in [0, 0.1) is 17.1 Å². The van der Waals surface area contributed by atoms with Gasteiger partial charge in [0.2, 0.25) is 0 Å². The van der Waals surface area contributed by atoms with Gasteiger partial charge in [0.15, 0.2) is 11.5 Å². The summed E-state index contributed by atoms with van der Waals surface area (Å²) >= 11 is 5.96. The lowest BCUT2D eigenvalue weighted by atomic mass is 10.0. The zero-order chi connectivity index (χ0) is 24.5. The van der Waals surface area contributed by atoms with E-state index in [0.717, 1.165) is 11.1 Å². The van der Waals surface area contributed by atoms with Gasteiger partial charge in [-0.25, -0.2) is 4.39 Å². The Bertz CT molecular complexity index is 1260. The van der Waals surface area contributed by atoms with Crippen LogP contribution in [0.25, 0.3) is 6.08 Å². The second-order valence-corrected chi connectivity index (χ2v) is 7.69. The van der Waals surface area contributed by atoms with E-state index in [1.807, 2.05) is 6.07 Å². The van der Waals surface area contributed by atoms with Gasteiger partial charge in [0, 0.05) is 16.3 Å². The average molecular weight is 477 g/mol. The van der Waals surface area contributed by atoms with Gasteiger partial charge < -0.3 is 14.8 Å². The van der Waals surface area contributed by atoms with Crippen molar-refractivity contribution in [2.24, 2.45) is 0 Å². The van der Waals surface area contributed by atoms with Crippen molar-refractivity contribution in [3.05, 3.63) is 106 Å². The molecule has 7 heteroatoms. The van der Waals surface area contributed by atoms with Gasteiger partial charge in [0.1, 0.15) is 24.1 Å². The molecule has 3 rings (SSSR count). The zero-order valence-electron chi connectivity index (χ0n) is 18.5. The fraction of sp³-hybridized carbons (Fsp3) is 0.111. The third-order valence-electron chi connectivity index (χ3n) is 4.79. The SMILES string of the molecule is C=CCc1cc(/C=C(\C#N)C(=O)Nc2cccc(Cl)c2)cc(OC)c1OCc1ccc(F)cc1. The number of carbonyl (C=O) groups excluding carboxylic acids is 1. The van der Waals surface area contributed by atoms with E-state index < -0.39 is 5.91 Å². The van der Waals surface area contributed by atoms with E-state index in [2.05, 4.69) is 11.9 Å². The Morgan fingerprint density at radius 1 is 1.21 bits per heavy atom. The lowest BCUT2D eigenvalue weighted by Gasteiger charge is -2.16. The Morgan fingerprint density at radius 2 is 1.97 bits per heavy atom. The number of ether oxygens (including phenoxy) is 2. The summed E-state index contributed by atoms with van der Waals surface area (Å²) < 4.78 is 24.7. The van der Waals surface area contributed by atoms with Crippen LogP contribution in [0.5, 0.6) is 11.5 Å². The summed E-state index contributed by atoms with van der Waals surface area (Å²) in [5.74, 6) is 0.0502. The van der Waals surface area contributed by atoms with Crippen LogP contribution in [-0.4, -0.2) is 13.0 Å². The minimum Gasteiger partial charge on any atom is -0.493 e. The van der Waals surface area contributed by atoms with Crippen LogP contribution >= 0.6 is 11.6 Å². The molecule has 0 radical (unpaired) electrons. The van der Waals surface area contributed by atoms with Crippen molar-refractivity contribution in [2.45, 2.75) is 13.0 Å². The van der Waals surface area contributed by atoms with Crippen LogP contribution in [0.2, 0.25) is 5.02 Å². The predicted molar refractivity (Wildman–Crippen MR) is 131 cm³/mol. The number of halogens is 2. The molecule has 1 N–H and O–H groups in total. The number of benzene rings is 3. The first-order valence-electron chi connectivity index (χ1n) is 10.3. The highest BCUT2D eigenvalue weighted by atomic mass is 35.5. The Labute approximate surface area is 202 Å². The quantitative estimate of drug-likeness (QED) is 0.222. The summed E-state index contributed by atoms with van der Waals surface area (Å²) in [6.07, 6.45) is 3.65. The summed E-state index contributed by atoms with van der Waals surface area (Å²) in [5.41, 5.74) is 2.52. The van der Waals surface area contributed by atoms with Crippen LogP contribution in [0.4, 0.5) is 10.1 Å². The van der Waals surface area contributed by atoms with Gasteiger partial charge in [0.05, 0.1) is 7.11 Å². The number of carbonyl (C=O) groups is 1. The normalized spacial score (nSPS) is 10.8. The average Bonchev–Trinajstić information content (AvgIpc) is 2.82. The molecule has 0 aliphatic carbocycles. The van der Waals surface area contributed by atoms with Gasteiger partial charge in [-0.3, -0.25) is 4.79 Å². The van der Waals surface area contributed by atoms with Gasteiger partial charge in [-0.2, -0.15) is 5.26 Å². The third-order valence-corrected chi connectivity index (χ3v) is 5.03. The number of anilines is 1. The van der Waals surface area contributed by atoms with Crippen LogP contribution < -0.4 is 14.8 Å². The number of nitrogens with one attached hydrogen (secondary N) is 1. The number of methoxy groups -OCH3 is 1. The van der Waals surface area contributed by atoms with Crippen molar-refractivity contribution in [3.63, 3.8) is 0 Å². The Balaban J connectivity index is 1.89. The second-order valence-electron chi connectivity index (χ2n) is 7.25. The van der Waals surface area contributed by atoms with Crippen molar-refractivity contribution in [3.8, 4) is 17.6 Å². The molecule has 0 fully saturated rings. The summed E-state index contributed by atoms with van der Waals surface area (Å²) in [6.45, 7) is 4.00. The van der Waals surface area contributed by atoms with Crippen molar-refractivity contribution in [1.82, 2.24) is 0 Å². The minimum absolute atomic E-state index is 0.0911. The first kappa shape index (κ1) is 24.6. The molecule has 3 aromatic rings. The Kier molecular flexibility index (Phi) is 8.44. The second kappa shape index (κ2) is 11.7. The van der Waals surface area contributed by atoms with E-state index in [1.54, 1.807) is 54.6 Å². The number of rotatable bonds is 9. The molecule has 3 aromatic carbocycles. The number of amides is 1. The lowest BCUT2D eigenvalue weighted by molar-refractivity contribution is -0.112. The van der Waals surface area contributed by atoms with Gasteiger partial charge in [-0.1, -0.05) is 35.9 Å². The molecule has 34 heavy (non-hydrogen) atoms. The molecule has 5 nitrogen and oxygen atoms in total. The Morgan fingerprint density at radius 3 is 2.62 bits per heavy atom. The molecule has 0 saturated carbocycles. The fourth-order valence-corrected chi connectivity index (χ4v) is 3.40. The first-order valence-corrected chi connectivity index (χ1v) is 10.7. The standard InChI is InChI=1S/C27H22ClFN2O3/c1-3-5-20-12-19(13-21(16-30)27(32)31-24-7-4-6-22(28)15-24)14-25(33-2)26(20)34-17-18-8-10-23(29)11-9-18/h3-4,6-15H,1,5,17H2,2H3,(H,31,32)/b21-13+. The van der Waals surface area contributed by atoms with Crippen LogP contribution in [0.3, 0.4) is 0 Å². The maximum Gasteiger partial charge on any atom is 0.266 e. The van der Waals surface area contributed by atoms with Gasteiger partial charge in [-0.15, -0.1) is 6.58 Å². The molecule has 1 amide bonds. The van der Waals surface area contributed by atoms with Crippen LogP contribution in [0.1, 0.15) is 16.7 Å². The zero-order valence-corrected chi connectivity index (χ0v) is 19.2. The molecule has 0 unspecified atom stereocenters. The summed E-state index contributed by atoms with van der Waals surface area (Å²) in [4.78, 5) is 12.6. The number of hydrogen-bond donors (Lipinski definition) is 1. The molecule has 0 spiro atoms. The molecule has 0 aliphatic rings. The molecule has 0 aromatic heterocycles. The number of allylic oxidation sites excluding steroid dienone is 1. The highest BCUT2D eigenvalue weighted by Gasteiger charge is 2.15. The first-order chi connectivity index (χ1) is 16.4. The maximum atomic E-state index is 13.2. The number of hydrogen-bond acceptors (Lipinski definition) is 4. The van der Waals surface area contributed by atoms with E-state index in [1.165, 1.54) is 25.3 Å². The van der Waals surface area contributed by atoms with Crippen LogP contribution in [-0.2, 0) is 17.8 Å². The molecule has 0 heterocycles. The smallest absolute Gasteiger partial charge is 0.266 e. The van der Waals surface area contributed by atoms with Crippen molar-refractivity contribution in [2.75, 3.05) is 12.4 Å². The summed E-state index contributed by atoms with van der Waals surface area (Å²) in [6, 6.07) is 18.1. The maximum absolute atomic E-state index is 13.2. The lowest BCUT2D eigenvalue weighted by Crippen LogP contribution is -2.13. The van der Waals surface area contributed by atoms with Gasteiger partial charge >= 0.3 is 0 Å². The largest absolute Gasteiger partial charge is 0.493 e. The number of nitrogens with zero attached hydrogens (tertiary/aromatic N) is 1. The predicted octanol–water partition coefficient (Wildman–Crippen LogP) is 6.34. The van der Waals surface area contributed by atoms with Gasteiger partial charge in [-0.05, 0) is 66.1 Å². The molecule has 172 valence electrons. The highest BCUT2D eigenvalue weighted by molar-refractivity contribution is 6.31. The summed E-state index contributed by atoms with van der Waals surface area (Å²) in [5, 5.41) is 12.7. The van der Waals surface area contributed by atoms with E-state index in [9.17, 15) is 14.4 Å². The van der Waals surface area contributed by atoms with Crippen molar-refractivity contribution < 1.29 is 18.7 Å².